The maximum atomic E-state index is 13.6. The number of benzene rings is 1. The van der Waals surface area contributed by atoms with Crippen LogP contribution in [0.5, 0.6) is 5.75 Å². The van der Waals surface area contributed by atoms with Crippen LogP contribution in [-0.4, -0.2) is 53.5 Å². The standard InChI is InChI=1S/C27H38ClN3O3S/c1-18(2)9-12-30(26(33)29-27(4,5)6)16-25(32)31-13-10-24-21(11-14-35-24)23(31)17-34-20-7-8-22(28)19(3)15-20/h7-8,11,14-15,18,23H,9-10,12-13,16-17H2,1-6H3,(H,29,33)/t23-/m1/s1. The Hall–Kier alpha value is -2.25. The molecule has 0 saturated carbocycles. The number of nitrogens with one attached hydrogen (secondary N) is 1. The van der Waals surface area contributed by atoms with Gasteiger partial charge in [-0.2, -0.15) is 0 Å². The summed E-state index contributed by atoms with van der Waals surface area (Å²) in [6.45, 7) is 13.6. The number of thiophene rings is 1. The lowest BCUT2D eigenvalue weighted by molar-refractivity contribution is -0.135. The molecule has 3 rings (SSSR count). The minimum absolute atomic E-state index is 0.0463. The van der Waals surface area contributed by atoms with Crippen molar-refractivity contribution < 1.29 is 14.3 Å². The predicted molar refractivity (Wildman–Crippen MR) is 143 cm³/mol. The Labute approximate surface area is 218 Å². The van der Waals surface area contributed by atoms with E-state index in [1.165, 1.54) is 4.88 Å². The van der Waals surface area contributed by atoms with Gasteiger partial charge in [-0.05, 0) is 87.2 Å². The Morgan fingerprint density at radius 3 is 2.69 bits per heavy atom. The third-order valence-electron chi connectivity index (χ3n) is 6.02. The summed E-state index contributed by atoms with van der Waals surface area (Å²) in [6, 6.07) is 7.27. The van der Waals surface area contributed by atoms with Crippen molar-refractivity contribution in [3.63, 3.8) is 0 Å². The molecule has 3 amide bonds. The monoisotopic (exact) mass is 519 g/mol. The minimum Gasteiger partial charge on any atom is -0.491 e. The first-order chi connectivity index (χ1) is 16.4. The Morgan fingerprint density at radius 2 is 2.03 bits per heavy atom. The first kappa shape index (κ1) is 27.3. The molecule has 1 aromatic carbocycles. The smallest absolute Gasteiger partial charge is 0.318 e. The second-order valence-corrected chi connectivity index (χ2v) is 12.1. The number of hydrogen-bond acceptors (Lipinski definition) is 4. The van der Waals surface area contributed by atoms with Crippen molar-refractivity contribution in [2.24, 2.45) is 5.92 Å². The zero-order chi connectivity index (χ0) is 25.8. The molecule has 1 aromatic heterocycles. The maximum absolute atomic E-state index is 13.6. The van der Waals surface area contributed by atoms with E-state index in [4.69, 9.17) is 16.3 Å². The van der Waals surface area contributed by atoms with E-state index in [9.17, 15) is 9.59 Å². The number of ether oxygens (including phenoxy) is 1. The van der Waals surface area contributed by atoms with E-state index in [1.54, 1.807) is 16.2 Å². The molecule has 2 aromatic rings. The molecule has 0 saturated heterocycles. The molecule has 2 heterocycles. The molecule has 0 unspecified atom stereocenters. The molecule has 0 bridgehead atoms. The van der Waals surface area contributed by atoms with Gasteiger partial charge in [0, 0.05) is 28.5 Å². The second kappa shape index (κ2) is 11.7. The minimum atomic E-state index is -0.375. The molecule has 192 valence electrons. The van der Waals surface area contributed by atoms with Crippen molar-refractivity contribution in [1.29, 1.82) is 0 Å². The van der Waals surface area contributed by atoms with E-state index in [0.717, 1.165) is 29.7 Å². The van der Waals surface area contributed by atoms with E-state index < -0.39 is 0 Å². The van der Waals surface area contributed by atoms with Crippen LogP contribution < -0.4 is 10.1 Å². The lowest BCUT2D eigenvalue weighted by Gasteiger charge is -2.37. The van der Waals surface area contributed by atoms with Crippen molar-refractivity contribution in [2.45, 2.75) is 66.0 Å². The average Bonchev–Trinajstić information content (AvgIpc) is 3.24. The number of rotatable bonds is 8. The molecular weight excluding hydrogens is 482 g/mol. The van der Waals surface area contributed by atoms with E-state index in [0.29, 0.717) is 30.6 Å². The summed E-state index contributed by atoms with van der Waals surface area (Å²) in [5, 5.41) is 5.78. The van der Waals surface area contributed by atoms with Crippen LogP contribution in [0.25, 0.3) is 0 Å². The van der Waals surface area contributed by atoms with E-state index in [2.05, 4.69) is 30.6 Å². The van der Waals surface area contributed by atoms with Crippen LogP contribution in [0.1, 0.15) is 63.1 Å². The van der Waals surface area contributed by atoms with Gasteiger partial charge in [-0.25, -0.2) is 4.79 Å². The summed E-state index contributed by atoms with van der Waals surface area (Å²) in [4.78, 5) is 31.4. The van der Waals surface area contributed by atoms with Gasteiger partial charge >= 0.3 is 6.03 Å². The lowest BCUT2D eigenvalue weighted by Crippen LogP contribution is -2.53. The summed E-state index contributed by atoms with van der Waals surface area (Å²) < 4.78 is 6.14. The van der Waals surface area contributed by atoms with Gasteiger partial charge in [0.1, 0.15) is 18.9 Å². The molecule has 8 heteroatoms. The maximum Gasteiger partial charge on any atom is 0.318 e. The van der Waals surface area contributed by atoms with Crippen LogP contribution >= 0.6 is 22.9 Å². The number of aryl methyl sites for hydroxylation is 1. The molecule has 6 nitrogen and oxygen atoms in total. The highest BCUT2D eigenvalue weighted by Crippen LogP contribution is 2.34. The zero-order valence-corrected chi connectivity index (χ0v) is 23.3. The highest BCUT2D eigenvalue weighted by Gasteiger charge is 2.34. The van der Waals surface area contributed by atoms with Crippen molar-refractivity contribution in [3.8, 4) is 5.75 Å². The topological polar surface area (TPSA) is 61.9 Å². The van der Waals surface area contributed by atoms with Gasteiger partial charge in [-0.3, -0.25) is 4.79 Å². The average molecular weight is 520 g/mol. The predicted octanol–water partition coefficient (Wildman–Crippen LogP) is 6.07. The number of carbonyl (C=O) groups excluding carboxylic acids is 2. The number of amides is 3. The normalized spacial score (nSPS) is 15.7. The first-order valence-corrected chi connectivity index (χ1v) is 13.5. The first-order valence-electron chi connectivity index (χ1n) is 12.3. The molecule has 1 aliphatic heterocycles. The Balaban J connectivity index is 1.77. The molecule has 0 spiro atoms. The number of hydrogen-bond donors (Lipinski definition) is 1. The molecular formula is C27H38ClN3O3S. The van der Waals surface area contributed by atoms with Gasteiger partial charge in [0.2, 0.25) is 5.91 Å². The van der Waals surface area contributed by atoms with Gasteiger partial charge in [0.15, 0.2) is 0 Å². The number of carbonyl (C=O) groups is 2. The quantitative estimate of drug-likeness (QED) is 0.460. The number of nitrogens with zero attached hydrogens (tertiary/aromatic N) is 2. The van der Waals surface area contributed by atoms with Crippen molar-refractivity contribution in [1.82, 2.24) is 15.1 Å². The van der Waals surface area contributed by atoms with Gasteiger partial charge < -0.3 is 19.9 Å². The number of fused-ring (bicyclic) bond motifs is 1. The summed E-state index contributed by atoms with van der Waals surface area (Å²) >= 11 is 7.88. The highest BCUT2D eigenvalue weighted by atomic mass is 35.5. The van der Waals surface area contributed by atoms with E-state index >= 15 is 0 Å². The zero-order valence-electron chi connectivity index (χ0n) is 21.7. The molecule has 0 fully saturated rings. The van der Waals surface area contributed by atoms with Gasteiger partial charge in [0.05, 0.1) is 6.04 Å². The molecule has 1 aliphatic rings. The van der Waals surface area contributed by atoms with Crippen LogP contribution in [0.4, 0.5) is 4.79 Å². The van der Waals surface area contributed by atoms with Crippen LogP contribution in [0.2, 0.25) is 5.02 Å². The Bertz CT molecular complexity index is 1030. The molecule has 0 aliphatic carbocycles. The molecule has 1 atom stereocenters. The third-order valence-corrected chi connectivity index (χ3v) is 7.44. The van der Waals surface area contributed by atoms with E-state index in [1.807, 2.05) is 50.8 Å². The number of urea groups is 1. The lowest BCUT2D eigenvalue weighted by atomic mass is 10.0. The molecule has 35 heavy (non-hydrogen) atoms. The van der Waals surface area contributed by atoms with Crippen LogP contribution in [0, 0.1) is 12.8 Å². The van der Waals surface area contributed by atoms with Gasteiger partial charge in [-0.1, -0.05) is 25.4 Å². The van der Waals surface area contributed by atoms with Gasteiger partial charge in [0.25, 0.3) is 0 Å². The summed E-state index contributed by atoms with van der Waals surface area (Å²) in [5.74, 6) is 1.10. The Kier molecular flexibility index (Phi) is 9.11. The van der Waals surface area contributed by atoms with Crippen molar-refractivity contribution in [2.75, 3.05) is 26.2 Å². The van der Waals surface area contributed by atoms with Crippen molar-refractivity contribution >= 4 is 34.9 Å². The SMILES string of the molecule is Cc1cc(OC[C@@H]2c3ccsc3CCN2C(=O)CN(CCC(C)C)C(=O)NC(C)(C)C)ccc1Cl. The van der Waals surface area contributed by atoms with Crippen LogP contribution in [-0.2, 0) is 11.2 Å². The van der Waals surface area contributed by atoms with E-state index in [-0.39, 0.29) is 30.1 Å². The van der Waals surface area contributed by atoms with Crippen molar-refractivity contribution in [3.05, 3.63) is 50.7 Å². The van der Waals surface area contributed by atoms with Gasteiger partial charge in [-0.15, -0.1) is 11.3 Å². The van der Waals surface area contributed by atoms with Crippen LogP contribution in [0.15, 0.2) is 29.6 Å². The summed E-state index contributed by atoms with van der Waals surface area (Å²) in [5.41, 5.74) is 1.70. The molecule has 1 N–H and O–H groups in total. The fourth-order valence-electron chi connectivity index (χ4n) is 4.08. The second-order valence-electron chi connectivity index (χ2n) is 10.7. The fraction of sp³-hybridized carbons (Fsp3) is 0.556. The highest BCUT2D eigenvalue weighted by molar-refractivity contribution is 7.10. The van der Waals surface area contributed by atoms with Crippen LogP contribution in [0.3, 0.4) is 0 Å². The third kappa shape index (κ3) is 7.61. The Morgan fingerprint density at radius 1 is 1.29 bits per heavy atom. The largest absolute Gasteiger partial charge is 0.491 e. The fourth-order valence-corrected chi connectivity index (χ4v) is 5.12. The summed E-state index contributed by atoms with van der Waals surface area (Å²) in [6.07, 6.45) is 1.65. The molecule has 0 radical (unpaired) electrons. The summed E-state index contributed by atoms with van der Waals surface area (Å²) in [7, 11) is 0. The number of halogens is 1.